The van der Waals surface area contributed by atoms with Crippen molar-refractivity contribution in [2.24, 2.45) is 0 Å². The van der Waals surface area contributed by atoms with Gasteiger partial charge in [-0.2, -0.15) is 0 Å². The molecule has 0 radical (unpaired) electrons. The van der Waals surface area contributed by atoms with Gasteiger partial charge >= 0.3 is 5.69 Å². The molecule has 0 aliphatic rings. The van der Waals surface area contributed by atoms with E-state index in [4.69, 9.17) is 16.3 Å². The predicted molar refractivity (Wildman–Crippen MR) is 75.1 cm³/mol. The largest absolute Gasteiger partial charge is 0.433 e. The van der Waals surface area contributed by atoms with Crippen LogP contribution in [0.25, 0.3) is 0 Å². The average Bonchev–Trinajstić information content (AvgIpc) is 2.33. The molecule has 0 atom stereocenters. The maximum atomic E-state index is 10.8. The molecule has 0 amide bonds. The minimum atomic E-state index is -0.537. The molecule has 0 aliphatic carbocycles. The van der Waals surface area contributed by atoms with Crippen molar-refractivity contribution in [3.05, 3.63) is 55.2 Å². The molecule has 5 nitrogen and oxygen atoms in total. The van der Waals surface area contributed by atoms with Gasteiger partial charge in [0.2, 0.25) is 0 Å². The van der Waals surface area contributed by atoms with Crippen molar-refractivity contribution >= 4 is 39.9 Å². The molecule has 2 aromatic rings. The summed E-state index contributed by atoms with van der Waals surface area (Å²) >= 11 is 7.85. The van der Waals surface area contributed by atoms with E-state index in [1.54, 1.807) is 18.2 Å². The number of ether oxygens (including phenoxy) is 1. The summed E-state index contributed by atoms with van der Waals surface area (Å²) in [5.74, 6) is 0.435. The molecule has 0 fully saturated rings. The molecule has 0 bridgehead atoms. The van der Waals surface area contributed by atoms with E-state index in [0.29, 0.717) is 10.8 Å². The van der Waals surface area contributed by atoms with Gasteiger partial charge in [-0.15, -0.1) is 0 Å². The summed E-state index contributed by atoms with van der Waals surface area (Å²) < 4.78 is 6.19. The number of nitro groups is 1. The topological polar surface area (TPSA) is 65.3 Å². The van der Waals surface area contributed by atoms with E-state index in [1.165, 1.54) is 18.3 Å². The van der Waals surface area contributed by atoms with Gasteiger partial charge in [0.15, 0.2) is 0 Å². The first-order valence-corrected chi connectivity index (χ1v) is 6.26. The van der Waals surface area contributed by atoms with E-state index in [1.807, 2.05) is 22.6 Å². The molecular formula is C11H6ClIN2O3. The minimum absolute atomic E-state index is 0.0391. The van der Waals surface area contributed by atoms with Crippen LogP contribution in [0.2, 0.25) is 5.02 Å². The zero-order chi connectivity index (χ0) is 13.1. The van der Waals surface area contributed by atoms with E-state index in [9.17, 15) is 10.1 Å². The highest BCUT2D eigenvalue weighted by Gasteiger charge is 2.17. The second kappa shape index (κ2) is 5.49. The second-order valence-electron chi connectivity index (χ2n) is 3.26. The van der Waals surface area contributed by atoms with E-state index in [2.05, 4.69) is 4.98 Å². The molecule has 0 saturated carbocycles. The SMILES string of the molecule is O=[N+]([O-])c1cccnc1Oc1ccc(Cl)cc1I. The zero-order valence-electron chi connectivity index (χ0n) is 8.84. The Kier molecular flexibility index (Phi) is 3.97. The fourth-order valence-corrected chi connectivity index (χ4v) is 2.24. The Bertz CT molecular complexity index is 607. The highest BCUT2D eigenvalue weighted by atomic mass is 127. The number of hydrogen-bond acceptors (Lipinski definition) is 4. The van der Waals surface area contributed by atoms with E-state index < -0.39 is 4.92 Å². The monoisotopic (exact) mass is 376 g/mol. The van der Waals surface area contributed by atoms with E-state index in [0.717, 1.165) is 3.57 Å². The van der Waals surface area contributed by atoms with Gasteiger partial charge in [0.05, 0.1) is 8.49 Å². The highest BCUT2D eigenvalue weighted by Crippen LogP contribution is 2.32. The number of aromatic nitrogens is 1. The van der Waals surface area contributed by atoms with Crippen LogP contribution in [0.1, 0.15) is 0 Å². The Morgan fingerprint density at radius 1 is 1.39 bits per heavy atom. The van der Waals surface area contributed by atoms with Gasteiger partial charge in [0.25, 0.3) is 5.88 Å². The van der Waals surface area contributed by atoms with Crippen molar-refractivity contribution in [2.75, 3.05) is 0 Å². The van der Waals surface area contributed by atoms with Crippen LogP contribution in [0.4, 0.5) is 5.69 Å². The first-order valence-electron chi connectivity index (χ1n) is 4.80. The first-order chi connectivity index (χ1) is 8.58. The predicted octanol–water partition coefficient (Wildman–Crippen LogP) is 4.04. The maximum Gasteiger partial charge on any atom is 0.331 e. The summed E-state index contributed by atoms with van der Waals surface area (Å²) in [4.78, 5) is 14.1. The second-order valence-corrected chi connectivity index (χ2v) is 4.86. The van der Waals surface area contributed by atoms with Crippen LogP contribution in [-0.4, -0.2) is 9.91 Å². The fourth-order valence-electron chi connectivity index (χ4n) is 1.26. The van der Waals surface area contributed by atoms with Gasteiger partial charge in [-0.3, -0.25) is 10.1 Å². The van der Waals surface area contributed by atoms with Gasteiger partial charge in [-0.1, -0.05) is 11.6 Å². The van der Waals surface area contributed by atoms with Crippen LogP contribution in [0.3, 0.4) is 0 Å². The number of pyridine rings is 1. The van der Waals surface area contributed by atoms with Crippen LogP contribution >= 0.6 is 34.2 Å². The van der Waals surface area contributed by atoms with Crippen molar-refractivity contribution in [3.63, 3.8) is 0 Å². The zero-order valence-corrected chi connectivity index (χ0v) is 11.8. The van der Waals surface area contributed by atoms with Crippen LogP contribution in [0.15, 0.2) is 36.5 Å². The number of benzene rings is 1. The summed E-state index contributed by atoms with van der Waals surface area (Å²) in [6, 6.07) is 7.81. The summed E-state index contributed by atoms with van der Waals surface area (Å²) in [6.07, 6.45) is 1.44. The molecule has 1 aromatic heterocycles. The van der Waals surface area contributed by atoms with Crippen molar-refractivity contribution in [1.82, 2.24) is 4.98 Å². The van der Waals surface area contributed by atoms with Crippen LogP contribution in [0, 0.1) is 13.7 Å². The molecule has 0 saturated heterocycles. The molecule has 1 aromatic carbocycles. The number of rotatable bonds is 3. The third-order valence-corrected chi connectivity index (χ3v) is 3.13. The standard InChI is InChI=1S/C11H6ClIN2O3/c12-7-3-4-10(8(13)6-7)18-11-9(15(16)17)2-1-5-14-11/h1-6H. The van der Waals surface area contributed by atoms with Gasteiger partial charge in [0.1, 0.15) is 5.75 Å². The van der Waals surface area contributed by atoms with Crippen molar-refractivity contribution in [3.8, 4) is 11.6 Å². The lowest BCUT2D eigenvalue weighted by Crippen LogP contribution is -1.96. The molecule has 92 valence electrons. The number of halogens is 2. The Morgan fingerprint density at radius 2 is 2.17 bits per heavy atom. The Balaban J connectivity index is 2.37. The quantitative estimate of drug-likeness (QED) is 0.461. The summed E-state index contributed by atoms with van der Waals surface area (Å²) in [5.41, 5.74) is -0.178. The molecule has 18 heavy (non-hydrogen) atoms. The third kappa shape index (κ3) is 2.88. The lowest BCUT2D eigenvalue weighted by molar-refractivity contribution is -0.386. The average molecular weight is 377 g/mol. The molecule has 2 rings (SSSR count). The van der Waals surface area contributed by atoms with Gasteiger partial charge in [-0.05, 0) is 46.9 Å². The molecule has 1 heterocycles. The molecule has 0 aliphatic heterocycles. The lowest BCUT2D eigenvalue weighted by atomic mass is 10.3. The lowest BCUT2D eigenvalue weighted by Gasteiger charge is -2.06. The fraction of sp³-hybridized carbons (Fsp3) is 0. The van der Waals surface area contributed by atoms with Gasteiger partial charge in [-0.25, -0.2) is 4.98 Å². The maximum absolute atomic E-state index is 10.8. The van der Waals surface area contributed by atoms with Crippen LogP contribution < -0.4 is 4.74 Å². The number of nitrogens with zero attached hydrogens (tertiary/aromatic N) is 2. The minimum Gasteiger partial charge on any atom is -0.433 e. The van der Waals surface area contributed by atoms with Crippen LogP contribution in [-0.2, 0) is 0 Å². The van der Waals surface area contributed by atoms with E-state index >= 15 is 0 Å². The Morgan fingerprint density at radius 3 is 2.83 bits per heavy atom. The van der Waals surface area contributed by atoms with Crippen LogP contribution in [0.5, 0.6) is 11.6 Å². The molecule has 7 heteroatoms. The molecule has 0 N–H and O–H groups in total. The van der Waals surface area contributed by atoms with Gasteiger partial charge < -0.3 is 4.74 Å². The molecule has 0 unspecified atom stereocenters. The Hall–Kier alpha value is -1.41. The molecular weight excluding hydrogens is 370 g/mol. The smallest absolute Gasteiger partial charge is 0.331 e. The first kappa shape index (κ1) is 13.0. The Labute approximate surface area is 121 Å². The summed E-state index contributed by atoms with van der Waals surface area (Å²) in [6.45, 7) is 0. The summed E-state index contributed by atoms with van der Waals surface area (Å²) in [7, 11) is 0. The van der Waals surface area contributed by atoms with Crippen molar-refractivity contribution in [2.45, 2.75) is 0 Å². The van der Waals surface area contributed by atoms with Crippen molar-refractivity contribution in [1.29, 1.82) is 0 Å². The van der Waals surface area contributed by atoms with E-state index in [-0.39, 0.29) is 11.6 Å². The third-order valence-electron chi connectivity index (χ3n) is 2.05. The summed E-state index contributed by atoms with van der Waals surface area (Å²) in [5, 5.41) is 11.4. The number of hydrogen-bond donors (Lipinski definition) is 0. The molecule has 0 spiro atoms. The normalized spacial score (nSPS) is 10.1. The van der Waals surface area contributed by atoms with Crippen molar-refractivity contribution < 1.29 is 9.66 Å². The highest BCUT2D eigenvalue weighted by molar-refractivity contribution is 14.1. The van der Waals surface area contributed by atoms with Gasteiger partial charge in [0, 0.05) is 17.3 Å².